The van der Waals surface area contributed by atoms with Crippen LogP contribution >= 0.6 is 0 Å². The molecular formula is C13H20N4O. The number of aromatic nitrogens is 4. The first-order valence-corrected chi connectivity index (χ1v) is 6.28. The second-order valence-electron chi connectivity index (χ2n) is 4.61. The Morgan fingerprint density at radius 3 is 2.72 bits per heavy atom. The van der Waals surface area contributed by atoms with Gasteiger partial charge in [0.25, 0.3) is 0 Å². The zero-order valence-corrected chi connectivity index (χ0v) is 11.2. The summed E-state index contributed by atoms with van der Waals surface area (Å²) in [5.74, 6) is 0. The standard InChI is InChI=1S/C13H20N4O/c1-4-11-7-12(17(3)15-11)13(18)6-5-10-8-14-16(2)9-10/h7-9,13,18H,4-6H2,1-3H3. The van der Waals surface area contributed by atoms with Gasteiger partial charge in [-0.25, -0.2) is 0 Å². The maximum atomic E-state index is 10.2. The molecule has 1 unspecified atom stereocenters. The molecule has 0 fully saturated rings. The molecule has 0 aliphatic heterocycles. The SMILES string of the molecule is CCc1cc(C(O)CCc2cnn(C)c2)n(C)n1. The molecule has 0 bridgehead atoms. The lowest BCUT2D eigenvalue weighted by Crippen LogP contribution is -2.06. The highest BCUT2D eigenvalue weighted by Gasteiger charge is 2.14. The van der Waals surface area contributed by atoms with Crippen molar-refractivity contribution < 1.29 is 5.11 Å². The summed E-state index contributed by atoms with van der Waals surface area (Å²) in [6, 6.07) is 1.98. The highest BCUT2D eigenvalue weighted by atomic mass is 16.3. The van der Waals surface area contributed by atoms with Gasteiger partial charge in [-0.2, -0.15) is 10.2 Å². The molecule has 18 heavy (non-hydrogen) atoms. The average molecular weight is 248 g/mol. The van der Waals surface area contributed by atoms with Crippen LogP contribution in [0, 0.1) is 0 Å². The molecular weight excluding hydrogens is 228 g/mol. The Hall–Kier alpha value is -1.62. The number of nitrogens with zero attached hydrogens (tertiary/aromatic N) is 4. The van der Waals surface area contributed by atoms with Crippen LogP contribution < -0.4 is 0 Å². The summed E-state index contributed by atoms with van der Waals surface area (Å²) in [6.07, 6.45) is 5.75. The molecule has 98 valence electrons. The molecule has 1 N–H and O–H groups in total. The van der Waals surface area contributed by atoms with Crippen LogP contribution in [-0.2, 0) is 26.9 Å². The fourth-order valence-corrected chi connectivity index (χ4v) is 2.08. The van der Waals surface area contributed by atoms with E-state index in [-0.39, 0.29) is 0 Å². The third-order valence-corrected chi connectivity index (χ3v) is 3.14. The van der Waals surface area contributed by atoms with Crippen molar-refractivity contribution in [2.45, 2.75) is 32.3 Å². The molecule has 5 nitrogen and oxygen atoms in total. The molecule has 1 atom stereocenters. The molecule has 2 heterocycles. The molecule has 0 aromatic carbocycles. The zero-order valence-electron chi connectivity index (χ0n) is 11.2. The molecule has 2 aromatic heterocycles. The molecule has 0 radical (unpaired) electrons. The molecule has 0 spiro atoms. The Balaban J connectivity index is 1.98. The topological polar surface area (TPSA) is 55.9 Å². The van der Waals surface area contributed by atoms with Crippen molar-refractivity contribution in [3.63, 3.8) is 0 Å². The summed E-state index contributed by atoms with van der Waals surface area (Å²) in [6.45, 7) is 2.06. The molecule has 5 heteroatoms. The minimum Gasteiger partial charge on any atom is -0.387 e. The second kappa shape index (κ2) is 5.35. The first-order chi connectivity index (χ1) is 8.60. The fourth-order valence-electron chi connectivity index (χ4n) is 2.08. The van der Waals surface area contributed by atoms with E-state index >= 15 is 0 Å². The minimum absolute atomic E-state index is 0.469. The lowest BCUT2D eigenvalue weighted by Gasteiger charge is -2.09. The van der Waals surface area contributed by atoms with Gasteiger partial charge < -0.3 is 5.11 Å². The van der Waals surface area contributed by atoms with E-state index in [0.29, 0.717) is 6.42 Å². The van der Waals surface area contributed by atoms with Gasteiger partial charge in [-0.1, -0.05) is 6.92 Å². The van der Waals surface area contributed by atoms with Crippen molar-refractivity contribution in [1.29, 1.82) is 0 Å². The molecule has 2 aromatic rings. The summed E-state index contributed by atoms with van der Waals surface area (Å²) >= 11 is 0. The third-order valence-electron chi connectivity index (χ3n) is 3.14. The van der Waals surface area contributed by atoms with Crippen LogP contribution in [0.5, 0.6) is 0 Å². The number of rotatable bonds is 5. The van der Waals surface area contributed by atoms with Crippen LogP contribution in [0.25, 0.3) is 0 Å². The number of aryl methyl sites for hydroxylation is 4. The largest absolute Gasteiger partial charge is 0.387 e. The van der Waals surface area contributed by atoms with Gasteiger partial charge in [0.05, 0.1) is 23.7 Å². The summed E-state index contributed by atoms with van der Waals surface area (Å²) in [4.78, 5) is 0. The maximum absolute atomic E-state index is 10.2. The summed E-state index contributed by atoms with van der Waals surface area (Å²) < 4.78 is 3.55. The lowest BCUT2D eigenvalue weighted by molar-refractivity contribution is 0.158. The van der Waals surface area contributed by atoms with Crippen LogP contribution in [0.15, 0.2) is 18.5 Å². The van der Waals surface area contributed by atoms with Gasteiger partial charge >= 0.3 is 0 Å². The van der Waals surface area contributed by atoms with Crippen molar-refractivity contribution >= 4 is 0 Å². The molecule has 0 aliphatic rings. The van der Waals surface area contributed by atoms with Gasteiger partial charge in [0.1, 0.15) is 0 Å². The minimum atomic E-state index is -0.469. The van der Waals surface area contributed by atoms with Crippen molar-refractivity contribution in [3.8, 4) is 0 Å². The van der Waals surface area contributed by atoms with E-state index in [1.165, 1.54) is 0 Å². The molecule has 0 amide bonds. The normalized spacial score (nSPS) is 12.9. The number of aliphatic hydroxyl groups is 1. The van der Waals surface area contributed by atoms with Crippen LogP contribution in [0.4, 0.5) is 0 Å². The predicted octanol–water partition coefficient (Wildman–Crippen LogP) is 1.38. The number of aliphatic hydroxyl groups excluding tert-OH is 1. The summed E-state index contributed by atoms with van der Waals surface area (Å²) in [7, 11) is 3.77. The quantitative estimate of drug-likeness (QED) is 0.869. The van der Waals surface area contributed by atoms with E-state index in [1.54, 1.807) is 9.36 Å². The molecule has 0 saturated heterocycles. The zero-order chi connectivity index (χ0) is 13.1. The first kappa shape index (κ1) is 12.8. The maximum Gasteiger partial charge on any atom is 0.0959 e. The molecule has 0 saturated carbocycles. The Bertz CT molecular complexity index is 515. The Labute approximate surface area is 107 Å². The van der Waals surface area contributed by atoms with E-state index in [1.807, 2.05) is 32.6 Å². The smallest absolute Gasteiger partial charge is 0.0959 e. The lowest BCUT2D eigenvalue weighted by atomic mass is 10.1. The summed E-state index contributed by atoms with van der Waals surface area (Å²) in [5, 5.41) is 18.7. The van der Waals surface area contributed by atoms with Gasteiger partial charge in [0.15, 0.2) is 0 Å². The number of hydrogen-bond acceptors (Lipinski definition) is 3. The van der Waals surface area contributed by atoms with E-state index in [0.717, 1.165) is 29.8 Å². The highest BCUT2D eigenvalue weighted by Crippen LogP contribution is 2.19. The summed E-state index contributed by atoms with van der Waals surface area (Å²) in [5.41, 5.74) is 3.05. The van der Waals surface area contributed by atoms with Crippen molar-refractivity contribution in [2.75, 3.05) is 0 Å². The van der Waals surface area contributed by atoms with Gasteiger partial charge in [-0.15, -0.1) is 0 Å². The molecule has 0 aliphatic carbocycles. The van der Waals surface area contributed by atoms with E-state index in [4.69, 9.17) is 0 Å². The fraction of sp³-hybridized carbons (Fsp3) is 0.538. The van der Waals surface area contributed by atoms with Crippen molar-refractivity contribution in [3.05, 3.63) is 35.4 Å². The average Bonchev–Trinajstić information content (AvgIpc) is 2.92. The van der Waals surface area contributed by atoms with E-state index in [9.17, 15) is 5.11 Å². The van der Waals surface area contributed by atoms with Gasteiger partial charge in [0.2, 0.25) is 0 Å². The van der Waals surface area contributed by atoms with E-state index < -0.39 is 6.10 Å². The monoisotopic (exact) mass is 248 g/mol. The van der Waals surface area contributed by atoms with Crippen LogP contribution in [0.3, 0.4) is 0 Å². The van der Waals surface area contributed by atoms with Crippen molar-refractivity contribution in [2.24, 2.45) is 14.1 Å². The highest BCUT2D eigenvalue weighted by molar-refractivity contribution is 5.13. The van der Waals surface area contributed by atoms with Crippen LogP contribution in [0.2, 0.25) is 0 Å². The van der Waals surface area contributed by atoms with E-state index in [2.05, 4.69) is 17.1 Å². The van der Waals surface area contributed by atoms with Crippen LogP contribution in [-0.4, -0.2) is 24.7 Å². The van der Waals surface area contributed by atoms with Crippen molar-refractivity contribution in [1.82, 2.24) is 19.6 Å². The predicted molar refractivity (Wildman–Crippen MR) is 69.1 cm³/mol. The number of hydrogen-bond donors (Lipinski definition) is 1. The van der Waals surface area contributed by atoms with Gasteiger partial charge in [-0.3, -0.25) is 9.36 Å². The van der Waals surface area contributed by atoms with Gasteiger partial charge in [0, 0.05) is 20.3 Å². The molecule has 2 rings (SSSR count). The van der Waals surface area contributed by atoms with Crippen LogP contribution in [0.1, 0.15) is 36.4 Å². The van der Waals surface area contributed by atoms with Gasteiger partial charge in [-0.05, 0) is 30.9 Å². The Morgan fingerprint density at radius 2 is 2.17 bits per heavy atom. The second-order valence-corrected chi connectivity index (χ2v) is 4.61. The first-order valence-electron chi connectivity index (χ1n) is 6.28. The Morgan fingerprint density at radius 1 is 1.39 bits per heavy atom. The Kier molecular flexibility index (Phi) is 3.81. The third kappa shape index (κ3) is 2.79.